The molecule has 0 aliphatic heterocycles. The smallest absolute Gasteiger partial charge is 0.491 e. The number of ether oxygens (including phenoxy) is 4. The second-order valence-corrected chi connectivity index (χ2v) is 10.7. The summed E-state index contributed by atoms with van der Waals surface area (Å²) in [6.45, 7) is 1.93. The SMILES string of the molecule is c1ccc(OCCO[Si](OCCOc2ccccc2)(OCCOc2ccccc2)OCCOc2ccccc2)cc1. The molecule has 0 radical (unpaired) electrons. The van der Waals surface area contributed by atoms with E-state index in [9.17, 15) is 0 Å². The highest BCUT2D eigenvalue weighted by Crippen LogP contribution is 2.16. The van der Waals surface area contributed by atoms with Gasteiger partial charge in [0.15, 0.2) is 0 Å². The highest BCUT2D eigenvalue weighted by Gasteiger charge is 2.46. The third-order valence-electron chi connectivity index (χ3n) is 5.50. The molecule has 0 aliphatic carbocycles. The molecular weight excluding hydrogens is 540 g/mol. The van der Waals surface area contributed by atoms with Gasteiger partial charge in [0.25, 0.3) is 0 Å². The summed E-state index contributed by atoms with van der Waals surface area (Å²) < 4.78 is 48.0. The van der Waals surface area contributed by atoms with Gasteiger partial charge in [-0.1, -0.05) is 72.8 Å². The van der Waals surface area contributed by atoms with Crippen molar-refractivity contribution in [2.24, 2.45) is 0 Å². The molecule has 8 nitrogen and oxygen atoms in total. The number of para-hydroxylation sites is 4. The Morgan fingerprint density at radius 1 is 0.293 bits per heavy atom. The minimum absolute atomic E-state index is 0.194. The monoisotopic (exact) mass is 576 g/mol. The van der Waals surface area contributed by atoms with Gasteiger partial charge in [0.05, 0.1) is 26.4 Å². The van der Waals surface area contributed by atoms with Gasteiger partial charge in [-0.3, -0.25) is 0 Å². The Hall–Kier alpha value is -3.86. The van der Waals surface area contributed by atoms with Gasteiger partial charge < -0.3 is 36.7 Å². The van der Waals surface area contributed by atoms with Gasteiger partial charge in [0.1, 0.15) is 49.4 Å². The van der Waals surface area contributed by atoms with Crippen LogP contribution in [0, 0.1) is 0 Å². The van der Waals surface area contributed by atoms with Crippen LogP contribution in [0.3, 0.4) is 0 Å². The van der Waals surface area contributed by atoms with E-state index in [4.69, 9.17) is 36.7 Å². The molecule has 216 valence electrons. The van der Waals surface area contributed by atoms with Crippen molar-refractivity contribution in [1.29, 1.82) is 0 Å². The molecule has 4 rings (SSSR count). The molecule has 0 bridgehead atoms. The summed E-state index contributed by atoms with van der Waals surface area (Å²) in [5.74, 6) is 2.98. The lowest BCUT2D eigenvalue weighted by Crippen LogP contribution is -2.52. The van der Waals surface area contributed by atoms with Crippen LogP contribution in [0.2, 0.25) is 0 Å². The number of hydrogen-bond acceptors (Lipinski definition) is 8. The highest BCUT2D eigenvalue weighted by atomic mass is 28.4. The summed E-state index contributed by atoms with van der Waals surface area (Å²) in [7, 11) is -3.67. The maximum Gasteiger partial charge on any atom is 0.680 e. The van der Waals surface area contributed by atoms with Gasteiger partial charge in [-0.25, -0.2) is 0 Å². The number of benzene rings is 4. The van der Waals surface area contributed by atoms with Crippen molar-refractivity contribution in [2.75, 3.05) is 52.9 Å². The summed E-state index contributed by atoms with van der Waals surface area (Å²) in [5.41, 5.74) is 0. The molecule has 0 saturated carbocycles. The average molecular weight is 577 g/mol. The van der Waals surface area contributed by atoms with Crippen molar-refractivity contribution in [3.05, 3.63) is 121 Å². The van der Waals surface area contributed by atoms with E-state index in [1.807, 2.05) is 121 Å². The molecule has 0 fully saturated rings. The first-order valence-electron chi connectivity index (χ1n) is 13.6. The average Bonchev–Trinajstić information content (AvgIpc) is 3.04. The van der Waals surface area contributed by atoms with Crippen LogP contribution in [0.15, 0.2) is 121 Å². The van der Waals surface area contributed by atoms with Crippen LogP contribution in [0.4, 0.5) is 0 Å². The van der Waals surface area contributed by atoms with Crippen LogP contribution in [0.25, 0.3) is 0 Å². The lowest BCUT2D eigenvalue weighted by Gasteiger charge is -2.28. The minimum Gasteiger partial charge on any atom is -0.491 e. The van der Waals surface area contributed by atoms with Crippen molar-refractivity contribution >= 4 is 9.05 Å². The molecule has 4 aromatic rings. The van der Waals surface area contributed by atoms with Crippen LogP contribution in [0.1, 0.15) is 0 Å². The van der Waals surface area contributed by atoms with E-state index in [0.717, 1.165) is 23.0 Å². The zero-order valence-electron chi connectivity index (χ0n) is 23.0. The predicted molar refractivity (Wildman–Crippen MR) is 157 cm³/mol. The van der Waals surface area contributed by atoms with Crippen molar-refractivity contribution in [3.8, 4) is 23.0 Å². The highest BCUT2D eigenvalue weighted by molar-refractivity contribution is 6.53. The standard InChI is InChI=1S/C32H36O8Si/c1-5-13-29(14-6-1)33-21-25-37-41(38-26-22-34-30-15-7-2-8-16-30,39-27-23-35-31-17-9-3-10-18-31)40-28-24-36-32-19-11-4-12-20-32/h1-20H,21-28H2. The summed E-state index contributed by atoms with van der Waals surface area (Å²) >= 11 is 0. The maximum absolute atomic E-state index is 6.19. The molecule has 41 heavy (non-hydrogen) atoms. The Bertz CT molecular complexity index is 1000. The Kier molecular flexibility index (Phi) is 13.0. The van der Waals surface area contributed by atoms with E-state index in [2.05, 4.69) is 0 Å². The predicted octanol–water partition coefficient (Wildman–Crippen LogP) is 5.80. The van der Waals surface area contributed by atoms with Crippen LogP contribution >= 0.6 is 0 Å². The number of rotatable bonds is 20. The Morgan fingerprint density at radius 2 is 0.512 bits per heavy atom. The third-order valence-corrected chi connectivity index (χ3v) is 7.73. The van der Waals surface area contributed by atoms with Gasteiger partial charge in [-0.15, -0.1) is 0 Å². The zero-order chi connectivity index (χ0) is 28.3. The largest absolute Gasteiger partial charge is 0.680 e. The second kappa shape index (κ2) is 17.7. The quantitative estimate of drug-likeness (QED) is 0.0965. The van der Waals surface area contributed by atoms with E-state index in [0.29, 0.717) is 0 Å². The van der Waals surface area contributed by atoms with E-state index >= 15 is 0 Å². The Balaban J connectivity index is 1.36. The van der Waals surface area contributed by atoms with Crippen LogP contribution in [-0.4, -0.2) is 61.9 Å². The zero-order valence-corrected chi connectivity index (χ0v) is 24.0. The van der Waals surface area contributed by atoms with Crippen molar-refractivity contribution < 1.29 is 36.7 Å². The van der Waals surface area contributed by atoms with Gasteiger partial charge in [0.2, 0.25) is 0 Å². The first kappa shape index (κ1) is 30.1. The lowest BCUT2D eigenvalue weighted by molar-refractivity contribution is -0.0505. The molecule has 0 amide bonds. The van der Waals surface area contributed by atoms with Gasteiger partial charge in [0, 0.05) is 0 Å². The molecule has 0 unspecified atom stereocenters. The van der Waals surface area contributed by atoms with E-state index in [1.54, 1.807) is 0 Å². The fourth-order valence-corrected chi connectivity index (χ4v) is 5.45. The van der Waals surface area contributed by atoms with Crippen molar-refractivity contribution in [1.82, 2.24) is 0 Å². The fourth-order valence-electron chi connectivity index (χ4n) is 3.62. The summed E-state index contributed by atoms with van der Waals surface area (Å²) in [5, 5.41) is 0. The van der Waals surface area contributed by atoms with Crippen LogP contribution in [0.5, 0.6) is 23.0 Å². The fraction of sp³-hybridized carbons (Fsp3) is 0.250. The molecule has 0 N–H and O–H groups in total. The number of hydrogen-bond donors (Lipinski definition) is 0. The van der Waals surface area contributed by atoms with Crippen LogP contribution in [-0.2, 0) is 17.7 Å². The molecule has 0 aromatic heterocycles. The maximum atomic E-state index is 6.19. The molecular formula is C32H36O8Si. The third kappa shape index (κ3) is 11.6. The molecule has 9 heteroatoms. The normalized spacial score (nSPS) is 11.1. The van der Waals surface area contributed by atoms with Gasteiger partial charge in [-0.05, 0) is 48.5 Å². The first-order valence-corrected chi connectivity index (χ1v) is 15.2. The summed E-state index contributed by atoms with van der Waals surface area (Å²) in [4.78, 5) is 0. The molecule has 0 spiro atoms. The summed E-state index contributed by atoms with van der Waals surface area (Å²) in [6, 6.07) is 38.1. The first-order chi connectivity index (χ1) is 20.3. The van der Waals surface area contributed by atoms with Crippen molar-refractivity contribution in [3.63, 3.8) is 0 Å². The van der Waals surface area contributed by atoms with Gasteiger partial charge in [-0.2, -0.15) is 0 Å². The van der Waals surface area contributed by atoms with Gasteiger partial charge >= 0.3 is 9.05 Å². The minimum atomic E-state index is -3.67. The molecule has 4 aromatic carbocycles. The van der Waals surface area contributed by atoms with Crippen LogP contribution < -0.4 is 18.9 Å². The van der Waals surface area contributed by atoms with E-state index in [1.165, 1.54) is 0 Å². The molecule has 0 aliphatic rings. The Morgan fingerprint density at radius 3 is 0.732 bits per heavy atom. The van der Waals surface area contributed by atoms with E-state index in [-0.39, 0.29) is 52.9 Å². The molecule has 0 atom stereocenters. The second-order valence-electron chi connectivity index (χ2n) is 8.54. The van der Waals surface area contributed by atoms with Crippen molar-refractivity contribution in [2.45, 2.75) is 0 Å². The summed E-state index contributed by atoms with van der Waals surface area (Å²) in [6.07, 6.45) is 0. The lowest BCUT2D eigenvalue weighted by atomic mass is 10.3. The van der Waals surface area contributed by atoms with E-state index < -0.39 is 9.05 Å². The molecule has 0 saturated heterocycles. The topological polar surface area (TPSA) is 73.8 Å². The molecule has 0 heterocycles. The Labute approximate surface area is 242 Å².